The lowest BCUT2D eigenvalue weighted by molar-refractivity contribution is 0.104. The topological polar surface area (TPSA) is 35.5 Å². The van der Waals surface area contributed by atoms with Gasteiger partial charge in [0, 0.05) is 16.5 Å². The number of ketones is 1. The molecule has 0 aliphatic rings. The molecule has 3 heteroatoms. The van der Waals surface area contributed by atoms with Crippen LogP contribution in [0.2, 0.25) is 0 Å². The first kappa shape index (κ1) is 14.1. The van der Waals surface area contributed by atoms with Crippen molar-refractivity contribution in [1.29, 1.82) is 0 Å². The van der Waals surface area contributed by atoms with Crippen LogP contribution in [0.3, 0.4) is 0 Å². The molecule has 0 unspecified atom stereocenters. The summed E-state index contributed by atoms with van der Waals surface area (Å²) in [4.78, 5) is 12.8. The highest BCUT2D eigenvalue weighted by Gasteiger charge is 2.14. The zero-order valence-electron chi connectivity index (χ0n) is 12.5. The minimum atomic E-state index is -0.0125. The Morgan fingerprint density at radius 2 is 1.45 bits per heavy atom. The molecule has 0 atom stereocenters. The average molecular weight is 292 g/mol. The van der Waals surface area contributed by atoms with Gasteiger partial charge in [-0.15, -0.1) is 0 Å². The van der Waals surface area contributed by atoms with Crippen LogP contribution < -0.4 is 9.47 Å². The second-order valence-corrected chi connectivity index (χ2v) is 4.92. The van der Waals surface area contributed by atoms with Gasteiger partial charge in [0.2, 0.25) is 0 Å². The van der Waals surface area contributed by atoms with Gasteiger partial charge in [-0.2, -0.15) is 0 Å². The Labute approximate surface area is 129 Å². The summed E-state index contributed by atoms with van der Waals surface area (Å²) in [7, 11) is 3.24. The summed E-state index contributed by atoms with van der Waals surface area (Å²) >= 11 is 0. The van der Waals surface area contributed by atoms with Gasteiger partial charge in [0.25, 0.3) is 0 Å². The second-order valence-electron chi connectivity index (χ2n) is 4.92. The van der Waals surface area contributed by atoms with Gasteiger partial charge in [-0.1, -0.05) is 24.3 Å². The van der Waals surface area contributed by atoms with Gasteiger partial charge in [-0.05, 0) is 41.8 Å². The molecule has 3 aromatic carbocycles. The summed E-state index contributed by atoms with van der Waals surface area (Å²) < 4.78 is 10.5. The van der Waals surface area contributed by atoms with Crippen molar-refractivity contribution in [1.82, 2.24) is 0 Å². The molecule has 0 spiro atoms. The maximum atomic E-state index is 12.8. The van der Waals surface area contributed by atoms with Crippen LogP contribution in [0.25, 0.3) is 10.8 Å². The average Bonchev–Trinajstić information content (AvgIpc) is 2.60. The number of fused-ring (bicyclic) bond motifs is 1. The normalized spacial score (nSPS) is 10.5. The standard InChI is InChI=1S/C19H16O3/c1-21-14-9-7-13(8-10-14)19(20)17-11-12-18(22-2)16-6-4-3-5-15(16)17/h3-12H,1-2H3. The second kappa shape index (κ2) is 5.90. The highest BCUT2D eigenvalue weighted by molar-refractivity contribution is 6.17. The minimum absolute atomic E-state index is 0.0125. The van der Waals surface area contributed by atoms with Crippen molar-refractivity contribution in [2.45, 2.75) is 0 Å². The van der Waals surface area contributed by atoms with Gasteiger partial charge in [0.05, 0.1) is 14.2 Å². The van der Waals surface area contributed by atoms with Crippen LogP contribution in [0.4, 0.5) is 0 Å². The molecule has 3 rings (SSSR count). The molecule has 110 valence electrons. The van der Waals surface area contributed by atoms with E-state index in [4.69, 9.17) is 9.47 Å². The van der Waals surface area contributed by atoms with E-state index in [1.54, 1.807) is 38.5 Å². The zero-order valence-corrected chi connectivity index (χ0v) is 12.5. The summed E-state index contributed by atoms with van der Waals surface area (Å²) in [6.07, 6.45) is 0. The smallest absolute Gasteiger partial charge is 0.193 e. The van der Waals surface area contributed by atoms with Crippen LogP contribution in [0.15, 0.2) is 60.7 Å². The number of benzene rings is 3. The van der Waals surface area contributed by atoms with E-state index in [1.807, 2.05) is 36.4 Å². The van der Waals surface area contributed by atoms with E-state index in [-0.39, 0.29) is 5.78 Å². The largest absolute Gasteiger partial charge is 0.497 e. The van der Waals surface area contributed by atoms with Crippen LogP contribution in [0.5, 0.6) is 11.5 Å². The molecule has 0 amide bonds. The van der Waals surface area contributed by atoms with Crippen molar-refractivity contribution in [2.24, 2.45) is 0 Å². The Morgan fingerprint density at radius 3 is 2.09 bits per heavy atom. The predicted octanol–water partition coefficient (Wildman–Crippen LogP) is 4.09. The summed E-state index contributed by atoms with van der Waals surface area (Å²) in [5, 5.41) is 1.83. The molecule has 0 saturated heterocycles. The number of hydrogen-bond donors (Lipinski definition) is 0. The van der Waals surface area contributed by atoms with Gasteiger partial charge in [-0.3, -0.25) is 4.79 Å². The van der Waals surface area contributed by atoms with Crippen molar-refractivity contribution in [3.8, 4) is 11.5 Å². The highest BCUT2D eigenvalue weighted by atomic mass is 16.5. The third kappa shape index (κ3) is 2.42. The number of carbonyl (C=O) groups excluding carboxylic acids is 1. The monoisotopic (exact) mass is 292 g/mol. The maximum Gasteiger partial charge on any atom is 0.193 e. The highest BCUT2D eigenvalue weighted by Crippen LogP contribution is 2.29. The van der Waals surface area contributed by atoms with Gasteiger partial charge < -0.3 is 9.47 Å². The fraction of sp³-hybridized carbons (Fsp3) is 0.105. The predicted molar refractivity (Wildman–Crippen MR) is 86.9 cm³/mol. The molecular formula is C19H16O3. The van der Waals surface area contributed by atoms with Gasteiger partial charge in [-0.25, -0.2) is 0 Å². The number of methoxy groups -OCH3 is 2. The Hall–Kier alpha value is -2.81. The lowest BCUT2D eigenvalue weighted by Crippen LogP contribution is -2.02. The van der Waals surface area contributed by atoms with Crippen LogP contribution >= 0.6 is 0 Å². The summed E-state index contributed by atoms with van der Waals surface area (Å²) in [6.45, 7) is 0. The molecule has 0 N–H and O–H groups in total. The molecule has 0 aromatic heterocycles. The quantitative estimate of drug-likeness (QED) is 0.679. The van der Waals surface area contributed by atoms with Crippen molar-refractivity contribution in [2.75, 3.05) is 14.2 Å². The third-order valence-corrected chi connectivity index (χ3v) is 3.70. The molecule has 22 heavy (non-hydrogen) atoms. The first-order chi connectivity index (χ1) is 10.7. The van der Waals surface area contributed by atoms with E-state index in [9.17, 15) is 4.79 Å². The molecule has 0 aliphatic carbocycles. The van der Waals surface area contributed by atoms with Crippen LogP contribution in [0, 0.1) is 0 Å². The van der Waals surface area contributed by atoms with Gasteiger partial charge in [0.15, 0.2) is 5.78 Å². The van der Waals surface area contributed by atoms with Crippen LogP contribution in [-0.4, -0.2) is 20.0 Å². The first-order valence-corrected chi connectivity index (χ1v) is 6.99. The molecule has 0 bridgehead atoms. The number of carbonyl (C=O) groups is 1. The fourth-order valence-electron chi connectivity index (χ4n) is 2.55. The van der Waals surface area contributed by atoms with Crippen LogP contribution in [-0.2, 0) is 0 Å². The van der Waals surface area contributed by atoms with Crippen molar-refractivity contribution in [3.05, 3.63) is 71.8 Å². The fourth-order valence-corrected chi connectivity index (χ4v) is 2.55. The summed E-state index contributed by atoms with van der Waals surface area (Å²) in [5.41, 5.74) is 1.30. The molecule has 0 radical (unpaired) electrons. The van der Waals surface area contributed by atoms with Gasteiger partial charge in [0.1, 0.15) is 11.5 Å². The lowest BCUT2D eigenvalue weighted by atomic mass is 9.96. The van der Waals surface area contributed by atoms with E-state index < -0.39 is 0 Å². The Kier molecular flexibility index (Phi) is 3.79. The summed E-state index contributed by atoms with van der Waals surface area (Å²) in [6, 6.07) is 18.5. The Balaban J connectivity index is 2.11. The number of hydrogen-bond acceptors (Lipinski definition) is 3. The number of ether oxygens (including phenoxy) is 2. The molecule has 0 fully saturated rings. The van der Waals surface area contributed by atoms with E-state index >= 15 is 0 Å². The van der Waals surface area contributed by atoms with E-state index in [1.165, 1.54) is 0 Å². The van der Waals surface area contributed by atoms with Crippen molar-refractivity contribution < 1.29 is 14.3 Å². The lowest BCUT2D eigenvalue weighted by Gasteiger charge is -2.10. The zero-order chi connectivity index (χ0) is 15.5. The first-order valence-electron chi connectivity index (χ1n) is 6.99. The maximum absolute atomic E-state index is 12.8. The molecule has 0 heterocycles. The SMILES string of the molecule is COc1ccc(C(=O)c2ccc(OC)c3ccccc23)cc1. The Morgan fingerprint density at radius 1 is 0.773 bits per heavy atom. The van der Waals surface area contributed by atoms with E-state index in [0.717, 1.165) is 22.3 Å². The van der Waals surface area contributed by atoms with Crippen molar-refractivity contribution >= 4 is 16.6 Å². The van der Waals surface area contributed by atoms with E-state index in [0.29, 0.717) is 11.1 Å². The molecular weight excluding hydrogens is 276 g/mol. The molecule has 0 saturated carbocycles. The minimum Gasteiger partial charge on any atom is -0.497 e. The summed E-state index contributed by atoms with van der Waals surface area (Å²) in [5.74, 6) is 1.49. The van der Waals surface area contributed by atoms with E-state index in [2.05, 4.69) is 0 Å². The molecule has 3 nitrogen and oxygen atoms in total. The Bertz CT molecular complexity index is 820. The van der Waals surface area contributed by atoms with Gasteiger partial charge >= 0.3 is 0 Å². The molecule has 0 aliphatic heterocycles. The van der Waals surface area contributed by atoms with Crippen LogP contribution in [0.1, 0.15) is 15.9 Å². The number of rotatable bonds is 4. The third-order valence-electron chi connectivity index (χ3n) is 3.70. The van der Waals surface area contributed by atoms with Crippen molar-refractivity contribution in [3.63, 3.8) is 0 Å². The molecule has 3 aromatic rings.